The van der Waals surface area contributed by atoms with Gasteiger partial charge in [0, 0.05) is 33.8 Å². The van der Waals surface area contributed by atoms with Crippen LogP contribution in [0, 0.1) is 0 Å². The van der Waals surface area contributed by atoms with Crippen molar-refractivity contribution in [3.8, 4) is 51.2 Å². The smallest absolute Gasteiger partial charge is 0.145 e. The SMILES string of the molecule is C.c1ccc(-n2c(-c3cc(-c4nc5ccccc5n4-c4ccccc4)cc(-c4nc5ccccc5n4-c4ccccc4)c3)nc3ccccc32)cc1. The molecule has 248 valence electrons. The molecule has 7 aromatic carbocycles. The summed E-state index contributed by atoms with van der Waals surface area (Å²) in [5.41, 5.74) is 11.9. The van der Waals surface area contributed by atoms with Crippen molar-refractivity contribution in [3.05, 3.63) is 182 Å². The number of rotatable bonds is 6. The van der Waals surface area contributed by atoms with Crippen molar-refractivity contribution in [2.75, 3.05) is 0 Å². The summed E-state index contributed by atoms with van der Waals surface area (Å²) in [5.74, 6) is 2.53. The van der Waals surface area contributed by atoms with E-state index >= 15 is 0 Å². The van der Waals surface area contributed by atoms with Gasteiger partial charge in [0.05, 0.1) is 33.1 Å². The number of aromatic nitrogens is 6. The summed E-state index contributed by atoms with van der Waals surface area (Å²) in [6.07, 6.45) is 0. The van der Waals surface area contributed by atoms with Crippen LogP contribution in [-0.2, 0) is 0 Å². The maximum Gasteiger partial charge on any atom is 0.145 e. The van der Waals surface area contributed by atoms with Crippen LogP contribution < -0.4 is 0 Å². The average Bonchev–Trinajstić information content (AvgIpc) is 3.91. The lowest BCUT2D eigenvalue weighted by Gasteiger charge is -2.15. The minimum absolute atomic E-state index is 0. The second-order valence-electron chi connectivity index (χ2n) is 12.6. The molecule has 0 bridgehead atoms. The summed E-state index contributed by atoms with van der Waals surface area (Å²) in [6, 6.07) is 63.0. The average molecular weight is 671 g/mol. The van der Waals surface area contributed by atoms with Gasteiger partial charge in [-0.1, -0.05) is 98.4 Å². The van der Waals surface area contributed by atoms with Crippen LogP contribution in [0.5, 0.6) is 0 Å². The molecule has 52 heavy (non-hydrogen) atoms. The molecule has 0 amide bonds. The number of nitrogens with zero attached hydrogens (tertiary/aromatic N) is 6. The van der Waals surface area contributed by atoms with Gasteiger partial charge in [-0.05, 0) is 91.0 Å². The minimum Gasteiger partial charge on any atom is -0.292 e. The van der Waals surface area contributed by atoms with Gasteiger partial charge in [-0.2, -0.15) is 0 Å². The highest BCUT2D eigenvalue weighted by Crippen LogP contribution is 2.38. The third kappa shape index (κ3) is 5.08. The molecule has 0 unspecified atom stereocenters. The number of fused-ring (bicyclic) bond motifs is 3. The third-order valence-electron chi connectivity index (χ3n) is 9.43. The van der Waals surface area contributed by atoms with Gasteiger partial charge in [0.15, 0.2) is 0 Å². The Morgan fingerprint density at radius 2 is 0.538 bits per heavy atom. The standard InChI is InChI=1S/C45H30N6.CH4/c1-4-16-34(17-5-1)49-40-25-13-10-22-37(40)46-43(49)31-28-32(44-47-38-23-11-14-26-41(38)50(44)35-18-6-2-7-19-35)30-33(29-31)45-48-39-24-12-15-27-42(39)51(45)36-20-8-3-9-21-36;/h1-30H;1H4. The Hall–Kier alpha value is -7.05. The van der Waals surface area contributed by atoms with Gasteiger partial charge in [0.2, 0.25) is 0 Å². The van der Waals surface area contributed by atoms with Crippen molar-refractivity contribution < 1.29 is 0 Å². The Morgan fingerprint density at radius 1 is 0.288 bits per heavy atom. The lowest BCUT2D eigenvalue weighted by Crippen LogP contribution is -2.02. The highest BCUT2D eigenvalue weighted by atomic mass is 15.1. The molecule has 0 atom stereocenters. The third-order valence-corrected chi connectivity index (χ3v) is 9.43. The molecule has 0 saturated carbocycles. The molecule has 0 N–H and O–H groups in total. The molecule has 10 rings (SSSR count). The predicted molar refractivity (Wildman–Crippen MR) is 213 cm³/mol. The summed E-state index contributed by atoms with van der Waals surface area (Å²) in [6.45, 7) is 0. The van der Waals surface area contributed by atoms with Gasteiger partial charge in [-0.15, -0.1) is 0 Å². The van der Waals surface area contributed by atoms with Crippen molar-refractivity contribution in [2.24, 2.45) is 0 Å². The van der Waals surface area contributed by atoms with Crippen molar-refractivity contribution in [1.29, 1.82) is 0 Å². The van der Waals surface area contributed by atoms with Crippen molar-refractivity contribution in [3.63, 3.8) is 0 Å². The molecule has 3 heterocycles. The maximum atomic E-state index is 5.28. The van der Waals surface area contributed by atoms with Crippen LogP contribution >= 0.6 is 0 Å². The van der Waals surface area contributed by atoms with Gasteiger partial charge in [-0.3, -0.25) is 13.7 Å². The predicted octanol–water partition coefficient (Wildman–Crippen LogP) is 11.3. The van der Waals surface area contributed by atoms with Crippen LogP contribution in [0.1, 0.15) is 7.43 Å². The second kappa shape index (κ2) is 12.7. The van der Waals surface area contributed by atoms with E-state index < -0.39 is 0 Å². The number of benzene rings is 7. The fourth-order valence-corrected chi connectivity index (χ4v) is 7.19. The molecule has 0 aliphatic carbocycles. The molecule has 0 fully saturated rings. The Balaban J connectivity index is 0.00000360. The first-order chi connectivity index (χ1) is 25.3. The van der Waals surface area contributed by atoms with Crippen LogP contribution in [0.3, 0.4) is 0 Å². The Labute approximate surface area is 301 Å². The first-order valence-corrected chi connectivity index (χ1v) is 17.1. The first-order valence-electron chi connectivity index (χ1n) is 17.1. The number of imidazole rings is 3. The van der Waals surface area contributed by atoms with E-state index in [1.54, 1.807) is 0 Å². The zero-order valence-corrected chi connectivity index (χ0v) is 27.5. The fraction of sp³-hybridized carbons (Fsp3) is 0.0217. The molecule has 6 nitrogen and oxygen atoms in total. The first kappa shape index (κ1) is 31.0. The molecule has 0 aliphatic rings. The Kier molecular flexibility index (Phi) is 7.55. The van der Waals surface area contributed by atoms with Gasteiger partial charge >= 0.3 is 0 Å². The van der Waals surface area contributed by atoms with Gasteiger partial charge in [0.25, 0.3) is 0 Å². The largest absolute Gasteiger partial charge is 0.292 e. The van der Waals surface area contributed by atoms with Crippen molar-refractivity contribution in [1.82, 2.24) is 28.7 Å². The maximum absolute atomic E-state index is 5.28. The Bertz CT molecular complexity index is 2520. The van der Waals surface area contributed by atoms with Crippen LogP contribution in [0.25, 0.3) is 84.3 Å². The van der Waals surface area contributed by atoms with Crippen LogP contribution in [0.4, 0.5) is 0 Å². The van der Waals surface area contributed by atoms with E-state index in [0.29, 0.717) is 0 Å². The van der Waals surface area contributed by atoms with E-state index in [9.17, 15) is 0 Å². The van der Waals surface area contributed by atoms with E-state index in [2.05, 4.69) is 159 Å². The van der Waals surface area contributed by atoms with E-state index in [1.165, 1.54) is 0 Å². The summed E-state index contributed by atoms with van der Waals surface area (Å²) in [4.78, 5) is 15.9. The number of hydrogen-bond donors (Lipinski definition) is 0. The zero-order chi connectivity index (χ0) is 33.7. The molecule has 6 heteroatoms. The topological polar surface area (TPSA) is 53.5 Å². The molecule has 0 saturated heterocycles. The molecular weight excluding hydrogens is 637 g/mol. The molecule has 0 spiro atoms. The quantitative estimate of drug-likeness (QED) is 0.177. The fourth-order valence-electron chi connectivity index (χ4n) is 7.19. The van der Waals surface area contributed by atoms with E-state index in [0.717, 1.165) is 84.3 Å². The lowest BCUT2D eigenvalue weighted by atomic mass is 10.0. The molecule has 3 aromatic heterocycles. The summed E-state index contributed by atoms with van der Waals surface area (Å²) < 4.78 is 6.75. The van der Waals surface area contributed by atoms with E-state index in [1.807, 2.05) is 36.4 Å². The van der Waals surface area contributed by atoms with Crippen molar-refractivity contribution >= 4 is 33.1 Å². The molecule has 10 aromatic rings. The zero-order valence-electron chi connectivity index (χ0n) is 27.5. The van der Waals surface area contributed by atoms with E-state index in [4.69, 9.17) is 15.0 Å². The van der Waals surface area contributed by atoms with Crippen LogP contribution in [0.15, 0.2) is 182 Å². The van der Waals surface area contributed by atoms with Crippen LogP contribution in [0.2, 0.25) is 0 Å². The summed E-state index contributed by atoms with van der Waals surface area (Å²) in [7, 11) is 0. The lowest BCUT2D eigenvalue weighted by molar-refractivity contribution is 1.09. The molecular formula is C46H34N6. The number of para-hydroxylation sites is 9. The summed E-state index contributed by atoms with van der Waals surface area (Å²) in [5, 5.41) is 0. The number of hydrogen-bond acceptors (Lipinski definition) is 3. The van der Waals surface area contributed by atoms with Gasteiger partial charge in [0.1, 0.15) is 17.5 Å². The second-order valence-corrected chi connectivity index (χ2v) is 12.6. The highest BCUT2D eigenvalue weighted by Gasteiger charge is 2.22. The van der Waals surface area contributed by atoms with Gasteiger partial charge in [-0.25, -0.2) is 15.0 Å². The van der Waals surface area contributed by atoms with Crippen LogP contribution in [-0.4, -0.2) is 28.7 Å². The highest BCUT2D eigenvalue weighted by molar-refractivity contribution is 5.90. The van der Waals surface area contributed by atoms with Crippen molar-refractivity contribution in [2.45, 2.75) is 7.43 Å². The molecule has 0 aliphatic heterocycles. The minimum atomic E-state index is 0. The van der Waals surface area contributed by atoms with Gasteiger partial charge < -0.3 is 0 Å². The molecule has 0 radical (unpaired) electrons. The monoisotopic (exact) mass is 670 g/mol. The summed E-state index contributed by atoms with van der Waals surface area (Å²) >= 11 is 0. The normalized spacial score (nSPS) is 11.3. The Morgan fingerprint density at radius 3 is 0.827 bits per heavy atom. The van der Waals surface area contributed by atoms with E-state index in [-0.39, 0.29) is 7.43 Å².